The van der Waals surface area contributed by atoms with Gasteiger partial charge in [0.1, 0.15) is 11.4 Å². The van der Waals surface area contributed by atoms with Crippen LogP contribution in [0.4, 0.5) is 0 Å². The minimum absolute atomic E-state index is 0.194. The first kappa shape index (κ1) is 15.6. The van der Waals surface area contributed by atoms with Crippen molar-refractivity contribution in [2.75, 3.05) is 0 Å². The lowest BCUT2D eigenvalue weighted by molar-refractivity contribution is 0.352. The van der Waals surface area contributed by atoms with Gasteiger partial charge in [-0.05, 0) is 33.8 Å². The van der Waals surface area contributed by atoms with Gasteiger partial charge in [-0.1, -0.05) is 44.5 Å². The van der Waals surface area contributed by atoms with E-state index in [1.807, 2.05) is 16.8 Å². The third kappa shape index (κ3) is 2.97. The number of hydrogen-bond donors (Lipinski definition) is 1. The van der Waals surface area contributed by atoms with Crippen molar-refractivity contribution in [1.29, 1.82) is 0 Å². The number of aromatic nitrogens is 2. The van der Waals surface area contributed by atoms with Gasteiger partial charge in [-0.3, -0.25) is 4.68 Å². The maximum atomic E-state index is 10.8. The Balaban J connectivity index is 2.78. The second-order valence-electron chi connectivity index (χ2n) is 7.75. The summed E-state index contributed by atoms with van der Waals surface area (Å²) >= 11 is 0. The fourth-order valence-electron chi connectivity index (χ4n) is 2.45. The van der Waals surface area contributed by atoms with Gasteiger partial charge in [-0.15, -0.1) is 0 Å². The van der Waals surface area contributed by atoms with E-state index in [1.165, 1.54) is 5.56 Å². The van der Waals surface area contributed by atoms with E-state index in [1.54, 1.807) is 0 Å². The van der Waals surface area contributed by atoms with Gasteiger partial charge in [0.05, 0.1) is 5.54 Å². The number of benzene rings is 1. The Labute approximate surface area is 127 Å². The Morgan fingerprint density at radius 3 is 2.14 bits per heavy atom. The lowest BCUT2D eigenvalue weighted by Gasteiger charge is -2.22. The molecule has 0 saturated carbocycles. The van der Waals surface area contributed by atoms with E-state index in [0.717, 1.165) is 17.0 Å². The fraction of sp³-hybridized carbons (Fsp3) is 0.500. The smallest absolute Gasteiger partial charge is 0.165 e. The summed E-state index contributed by atoms with van der Waals surface area (Å²) in [6.45, 7) is 14.6. The van der Waals surface area contributed by atoms with Gasteiger partial charge >= 0.3 is 0 Å². The van der Waals surface area contributed by atoms with Crippen LogP contribution >= 0.6 is 0 Å². The number of hydrogen-bond acceptors (Lipinski definition) is 2. The van der Waals surface area contributed by atoms with E-state index in [4.69, 9.17) is 5.10 Å². The molecule has 114 valence electrons. The molecule has 0 aliphatic rings. The molecular weight excluding hydrogens is 260 g/mol. The number of nitrogens with zero attached hydrogens (tertiary/aromatic N) is 2. The average Bonchev–Trinajstić information content (AvgIpc) is 2.66. The van der Waals surface area contributed by atoms with Crippen LogP contribution in [0.3, 0.4) is 0 Å². The zero-order valence-electron chi connectivity index (χ0n) is 14.2. The zero-order valence-corrected chi connectivity index (χ0v) is 14.2. The average molecular weight is 286 g/mol. The molecule has 0 saturated heterocycles. The van der Waals surface area contributed by atoms with E-state index in [2.05, 4.69) is 60.6 Å². The molecule has 21 heavy (non-hydrogen) atoms. The van der Waals surface area contributed by atoms with Crippen molar-refractivity contribution in [3.8, 4) is 17.0 Å². The Hall–Kier alpha value is -1.77. The summed E-state index contributed by atoms with van der Waals surface area (Å²) in [6.07, 6.45) is 0. The highest BCUT2D eigenvalue weighted by Gasteiger charge is 2.31. The summed E-state index contributed by atoms with van der Waals surface area (Å²) < 4.78 is 1.94. The quantitative estimate of drug-likeness (QED) is 0.831. The first-order valence-corrected chi connectivity index (χ1v) is 7.42. The van der Waals surface area contributed by atoms with Gasteiger partial charge in [0.25, 0.3) is 0 Å². The van der Waals surface area contributed by atoms with Crippen LogP contribution in [0.2, 0.25) is 0 Å². The van der Waals surface area contributed by atoms with Crippen LogP contribution in [0.15, 0.2) is 24.3 Å². The first-order valence-electron chi connectivity index (χ1n) is 7.42. The minimum Gasteiger partial charge on any atom is -0.504 e. The predicted molar refractivity (Wildman–Crippen MR) is 87.8 cm³/mol. The Morgan fingerprint density at radius 2 is 1.67 bits per heavy atom. The predicted octanol–water partition coefficient (Wildman–Crippen LogP) is 4.62. The highest BCUT2D eigenvalue weighted by Crippen LogP contribution is 2.40. The van der Waals surface area contributed by atoms with Crippen molar-refractivity contribution >= 4 is 0 Å². The maximum Gasteiger partial charge on any atom is 0.165 e. The summed E-state index contributed by atoms with van der Waals surface area (Å²) in [5.41, 5.74) is 3.33. The van der Waals surface area contributed by atoms with Crippen LogP contribution in [0.5, 0.6) is 5.75 Å². The van der Waals surface area contributed by atoms with E-state index < -0.39 is 0 Å². The minimum atomic E-state index is -0.195. The molecule has 0 radical (unpaired) electrons. The van der Waals surface area contributed by atoms with Crippen LogP contribution in [-0.4, -0.2) is 14.9 Å². The maximum absolute atomic E-state index is 10.8. The number of aryl methyl sites for hydroxylation is 1. The zero-order chi connectivity index (χ0) is 16.0. The number of aromatic hydroxyl groups is 1. The van der Waals surface area contributed by atoms with Crippen molar-refractivity contribution in [3.63, 3.8) is 0 Å². The van der Waals surface area contributed by atoms with Gasteiger partial charge < -0.3 is 5.11 Å². The molecule has 0 spiro atoms. The Bertz CT molecular complexity index is 655. The molecule has 0 bridgehead atoms. The molecule has 1 aromatic heterocycles. The fourth-order valence-corrected chi connectivity index (χ4v) is 2.45. The lowest BCUT2D eigenvalue weighted by atomic mass is 9.91. The molecule has 3 nitrogen and oxygen atoms in total. The molecule has 2 rings (SSSR count). The molecule has 0 atom stereocenters. The standard InChI is InChI=1S/C18H26N2O/c1-12-9-8-10-13(11-12)14-15(21)16(17(2,3)4)19-20(14)18(5,6)7/h8-11,21H,1-7H3. The SMILES string of the molecule is Cc1cccc(-c2c(O)c(C(C)(C)C)nn2C(C)(C)C)c1. The summed E-state index contributed by atoms with van der Waals surface area (Å²) in [5.74, 6) is 0.294. The first-order chi connectivity index (χ1) is 9.51. The molecule has 0 fully saturated rings. The summed E-state index contributed by atoms with van der Waals surface area (Å²) in [4.78, 5) is 0. The summed E-state index contributed by atoms with van der Waals surface area (Å²) in [5, 5.41) is 15.5. The van der Waals surface area contributed by atoms with Gasteiger partial charge in [-0.25, -0.2) is 0 Å². The van der Waals surface area contributed by atoms with Gasteiger partial charge in [-0.2, -0.15) is 5.10 Å². The second kappa shape index (κ2) is 4.90. The molecule has 3 heteroatoms. The Morgan fingerprint density at radius 1 is 1.05 bits per heavy atom. The monoisotopic (exact) mass is 286 g/mol. The van der Waals surface area contributed by atoms with Gasteiger partial charge in [0, 0.05) is 11.0 Å². The van der Waals surface area contributed by atoms with Crippen molar-refractivity contribution in [3.05, 3.63) is 35.5 Å². The second-order valence-corrected chi connectivity index (χ2v) is 7.75. The number of rotatable bonds is 1. The van der Waals surface area contributed by atoms with Crippen LogP contribution in [0.25, 0.3) is 11.3 Å². The molecule has 1 heterocycles. The van der Waals surface area contributed by atoms with Crippen molar-refractivity contribution < 1.29 is 5.11 Å². The Kier molecular flexibility index (Phi) is 3.64. The van der Waals surface area contributed by atoms with Crippen LogP contribution < -0.4 is 0 Å². The van der Waals surface area contributed by atoms with Crippen LogP contribution in [-0.2, 0) is 11.0 Å². The van der Waals surface area contributed by atoms with Crippen molar-refractivity contribution in [1.82, 2.24) is 9.78 Å². The van der Waals surface area contributed by atoms with Gasteiger partial charge in [0.15, 0.2) is 5.75 Å². The highest BCUT2D eigenvalue weighted by atomic mass is 16.3. The molecule has 0 unspecified atom stereocenters. The van der Waals surface area contributed by atoms with E-state index in [-0.39, 0.29) is 11.0 Å². The molecule has 0 amide bonds. The van der Waals surface area contributed by atoms with Crippen LogP contribution in [0, 0.1) is 6.92 Å². The van der Waals surface area contributed by atoms with Gasteiger partial charge in [0.2, 0.25) is 0 Å². The third-order valence-electron chi connectivity index (χ3n) is 3.50. The van der Waals surface area contributed by atoms with E-state index >= 15 is 0 Å². The molecule has 2 aromatic rings. The third-order valence-corrected chi connectivity index (χ3v) is 3.50. The molecule has 0 aliphatic heterocycles. The normalized spacial score (nSPS) is 12.7. The molecule has 1 N–H and O–H groups in total. The largest absolute Gasteiger partial charge is 0.504 e. The molecule has 0 aliphatic carbocycles. The molecule has 1 aromatic carbocycles. The van der Waals surface area contributed by atoms with Crippen molar-refractivity contribution in [2.45, 2.75) is 59.4 Å². The highest BCUT2D eigenvalue weighted by molar-refractivity contribution is 5.69. The lowest BCUT2D eigenvalue weighted by Crippen LogP contribution is -2.25. The van der Waals surface area contributed by atoms with Crippen molar-refractivity contribution in [2.24, 2.45) is 0 Å². The van der Waals surface area contributed by atoms with E-state index in [9.17, 15) is 5.11 Å². The van der Waals surface area contributed by atoms with E-state index in [0.29, 0.717) is 5.75 Å². The topological polar surface area (TPSA) is 38.1 Å². The summed E-state index contributed by atoms with van der Waals surface area (Å²) in [7, 11) is 0. The van der Waals surface area contributed by atoms with Crippen LogP contribution in [0.1, 0.15) is 52.8 Å². The summed E-state index contributed by atoms with van der Waals surface area (Å²) in [6, 6.07) is 8.19. The molecular formula is C18H26N2O.